The van der Waals surface area contributed by atoms with Gasteiger partial charge in [-0.3, -0.25) is 9.59 Å². The van der Waals surface area contributed by atoms with Crippen LogP contribution < -0.4 is 0 Å². The number of rotatable bonds is 6. The van der Waals surface area contributed by atoms with Crippen molar-refractivity contribution in [3.63, 3.8) is 0 Å². The molecule has 0 heterocycles. The molecule has 4 nitrogen and oxygen atoms in total. The quantitative estimate of drug-likeness (QED) is 0.459. The van der Waals surface area contributed by atoms with Gasteiger partial charge in [0.25, 0.3) is 6.47 Å². The number of hydrogen-bond acceptors (Lipinski definition) is 4. The van der Waals surface area contributed by atoms with Gasteiger partial charge in [0.2, 0.25) is 0 Å². The highest BCUT2D eigenvalue weighted by atomic mass is 35.5. The molecule has 0 N–H and O–H groups in total. The third-order valence-electron chi connectivity index (χ3n) is 2.18. The molecule has 0 bridgehead atoms. The van der Waals surface area contributed by atoms with Gasteiger partial charge in [-0.15, -0.1) is 11.6 Å². The second kappa shape index (κ2) is 7.24. The summed E-state index contributed by atoms with van der Waals surface area (Å²) in [6, 6.07) is 6.50. The zero-order chi connectivity index (χ0) is 13.5. The standard InChI is InChI=1S/C12H12Cl2O4/c1-2-17-12(16)10(14)11(18-7-15)8-3-5-9(13)6-4-8/h3-7,10-11H,2H2,1H3/t10-,11-/m1/s1. The molecule has 0 aliphatic rings. The predicted molar refractivity (Wildman–Crippen MR) is 67.6 cm³/mol. The molecule has 0 saturated carbocycles. The molecule has 0 spiro atoms. The molecular formula is C12H12Cl2O4. The largest absolute Gasteiger partial charge is 0.465 e. The van der Waals surface area contributed by atoms with Gasteiger partial charge in [-0.05, 0) is 24.6 Å². The van der Waals surface area contributed by atoms with Gasteiger partial charge in [0.05, 0.1) is 6.61 Å². The first-order valence-corrected chi connectivity index (χ1v) is 6.06. The molecule has 2 atom stereocenters. The molecule has 0 amide bonds. The van der Waals surface area contributed by atoms with Gasteiger partial charge in [-0.25, -0.2) is 0 Å². The highest BCUT2D eigenvalue weighted by Crippen LogP contribution is 2.26. The lowest BCUT2D eigenvalue weighted by atomic mass is 10.1. The molecule has 0 aliphatic carbocycles. The summed E-state index contributed by atoms with van der Waals surface area (Å²) >= 11 is 11.7. The zero-order valence-electron chi connectivity index (χ0n) is 9.64. The van der Waals surface area contributed by atoms with E-state index in [1.165, 1.54) is 0 Å². The minimum atomic E-state index is -1.10. The number of halogens is 2. The van der Waals surface area contributed by atoms with Crippen molar-refractivity contribution in [1.82, 2.24) is 0 Å². The molecule has 18 heavy (non-hydrogen) atoms. The Bertz CT molecular complexity index is 405. The van der Waals surface area contributed by atoms with Crippen molar-refractivity contribution in [2.24, 2.45) is 0 Å². The predicted octanol–water partition coefficient (Wildman–Crippen LogP) is 2.72. The summed E-state index contributed by atoms with van der Waals surface area (Å²) in [6.45, 7) is 2.11. The molecule has 0 saturated heterocycles. The molecule has 1 rings (SSSR count). The number of benzene rings is 1. The first-order chi connectivity index (χ1) is 8.60. The lowest BCUT2D eigenvalue weighted by molar-refractivity contribution is -0.148. The van der Waals surface area contributed by atoms with E-state index in [1.807, 2.05) is 0 Å². The van der Waals surface area contributed by atoms with Crippen LogP contribution in [-0.4, -0.2) is 24.4 Å². The Morgan fingerprint density at radius 1 is 1.39 bits per heavy atom. The molecule has 98 valence electrons. The fourth-order valence-electron chi connectivity index (χ4n) is 1.37. The first-order valence-electron chi connectivity index (χ1n) is 5.25. The third-order valence-corrected chi connectivity index (χ3v) is 2.84. The lowest BCUT2D eigenvalue weighted by Crippen LogP contribution is -2.27. The minimum absolute atomic E-state index is 0.205. The van der Waals surface area contributed by atoms with Crippen molar-refractivity contribution in [3.8, 4) is 0 Å². The van der Waals surface area contributed by atoms with Gasteiger partial charge in [-0.2, -0.15) is 0 Å². The summed E-state index contributed by atoms with van der Waals surface area (Å²) in [5.74, 6) is -0.638. The van der Waals surface area contributed by atoms with Crippen LogP contribution in [0.3, 0.4) is 0 Å². The Morgan fingerprint density at radius 2 is 2.00 bits per heavy atom. The van der Waals surface area contributed by atoms with Crippen LogP contribution in [0.1, 0.15) is 18.6 Å². The van der Waals surface area contributed by atoms with Crippen LogP contribution in [0.2, 0.25) is 5.02 Å². The van der Waals surface area contributed by atoms with Crippen molar-refractivity contribution in [3.05, 3.63) is 34.9 Å². The van der Waals surface area contributed by atoms with Crippen LogP contribution in [0.5, 0.6) is 0 Å². The molecule has 0 unspecified atom stereocenters. The van der Waals surface area contributed by atoms with Gasteiger partial charge in [0.1, 0.15) is 0 Å². The van der Waals surface area contributed by atoms with E-state index in [9.17, 15) is 9.59 Å². The van der Waals surface area contributed by atoms with E-state index in [1.54, 1.807) is 31.2 Å². The second-order valence-corrected chi connectivity index (χ2v) is 4.26. The number of alkyl halides is 1. The lowest BCUT2D eigenvalue weighted by Gasteiger charge is -2.19. The maximum absolute atomic E-state index is 11.5. The Labute approximate surface area is 115 Å². The first kappa shape index (κ1) is 14.8. The number of esters is 1. The van der Waals surface area contributed by atoms with E-state index in [4.69, 9.17) is 32.7 Å². The summed E-state index contributed by atoms with van der Waals surface area (Å²) in [4.78, 5) is 22.0. The van der Waals surface area contributed by atoms with Crippen molar-refractivity contribution >= 4 is 35.6 Å². The van der Waals surface area contributed by atoms with Crippen LogP contribution in [0, 0.1) is 0 Å². The van der Waals surface area contributed by atoms with E-state index >= 15 is 0 Å². The summed E-state index contributed by atoms with van der Waals surface area (Å²) in [7, 11) is 0. The molecular weight excluding hydrogens is 279 g/mol. The highest BCUT2D eigenvalue weighted by molar-refractivity contribution is 6.31. The van der Waals surface area contributed by atoms with Crippen molar-refractivity contribution < 1.29 is 19.1 Å². The van der Waals surface area contributed by atoms with E-state index in [-0.39, 0.29) is 13.1 Å². The highest BCUT2D eigenvalue weighted by Gasteiger charge is 2.30. The fraction of sp³-hybridized carbons (Fsp3) is 0.333. The molecule has 0 aromatic heterocycles. The number of hydrogen-bond donors (Lipinski definition) is 0. The van der Waals surface area contributed by atoms with Crippen LogP contribution >= 0.6 is 23.2 Å². The Balaban J connectivity index is 2.90. The smallest absolute Gasteiger partial charge is 0.328 e. The fourth-order valence-corrected chi connectivity index (χ4v) is 1.77. The van der Waals surface area contributed by atoms with Crippen molar-refractivity contribution in [1.29, 1.82) is 0 Å². The van der Waals surface area contributed by atoms with Gasteiger partial charge >= 0.3 is 5.97 Å². The van der Waals surface area contributed by atoms with Crippen LogP contribution in [0.4, 0.5) is 0 Å². The number of carbonyl (C=O) groups excluding carboxylic acids is 2. The molecule has 1 aromatic rings. The number of carbonyl (C=O) groups is 2. The van der Waals surface area contributed by atoms with Gasteiger partial charge < -0.3 is 9.47 Å². The number of ether oxygens (including phenoxy) is 2. The van der Waals surface area contributed by atoms with E-state index in [2.05, 4.69) is 0 Å². The van der Waals surface area contributed by atoms with Crippen LogP contribution in [0.15, 0.2) is 24.3 Å². The topological polar surface area (TPSA) is 52.6 Å². The minimum Gasteiger partial charge on any atom is -0.465 e. The Hall–Kier alpha value is -1.26. The maximum atomic E-state index is 11.5. The third kappa shape index (κ3) is 3.89. The zero-order valence-corrected chi connectivity index (χ0v) is 11.1. The normalized spacial score (nSPS) is 13.5. The molecule has 6 heteroatoms. The van der Waals surface area contributed by atoms with Crippen LogP contribution in [0.25, 0.3) is 0 Å². The van der Waals surface area contributed by atoms with Gasteiger partial charge in [0, 0.05) is 5.02 Å². The second-order valence-electron chi connectivity index (χ2n) is 3.36. The van der Waals surface area contributed by atoms with Gasteiger partial charge in [-0.1, -0.05) is 23.7 Å². The molecule has 0 aliphatic heterocycles. The monoisotopic (exact) mass is 290 g/mol. The average Bonchev–Trinajstić information content (AvgIpc) is 2.37. The SMILES string of the molecule is CCOC(=O)[C@H](Cl)[C@H](OC=O)c1ccc(Cl)cc1. The average molecular weight is 291 g/mol. The maximum Gasteiger partial charge on any atom is 0.328 e. The Kier molecular flexibility index (Phi) is 5.95. The van der Waals surface area contributed by atoms with Crippen molar-refractivity contribution in [2.75, 3.05) is 6.61 Å². The summed E-state index contributed by atoms with van der Waals surface area (Å²) in [6.07, 6.45) is -0.902. The summed E-state index contributed by atoms with van der Waals surface area (Å²) < 4.78 is 9.62. The summed E-state index contributed by atoms with van der Waals surface area (Å²) in [5, 5.41) is -0.567. The van der Waals surface area contributed by atoms with Crippen molar-refractivity contribution in [2.45, 2.75) is 18.4 Å². The molecule has 0 fully saturated rings. The van der Waals surface area contributed by atoms with Gasteiger partial charge in [0.15, 0.2) is 11.5 Å². The van der Waals surface area contributed by atoms with Crippen LogP contribution in [-0.2, 0) is 19.1 Å². The summed E-state index contributed by atoms with van der Waals surface area (Å²) in [5.41, 5.74) is 0.569. The van der Waals surface area contributed by atoms with E-state index in [0.717, 1.165) is 0 Å². The molecule has 1 aromatic carbocycles. The Morgan fingerprint density at radius 3 is 2.50 bits per heavy atom. The van der Waals surface area contributed by atoms with E-state index < -0.39 is 17.5 Å². The van der Waals surface area contributed by atoms with E-state index in [0.29, 0.717) is 10.6 Å². The molecule has 0 radical (unpaired) electrons.